The van der Waals surface area contributed by atoms with Crippen molar-refractivity contribution in [1.29, 1.82) is 0 Å². The molecule has 0 saturated carbocycles. The van der Waals surface area contributed by atoms with Gasteiger partial charge in [0.2, 0.25) is 0 Å². The lowest BCUT2D eigenvalue weighted by Crippen LogP contribution is -2.15. The molecule has 1 aromatic heterocycles. The van der Waals surface area contributed by atoms with Gasteiger partial charge in [-0.1, -0.05) is 12.1 Å². The summed E-state index contributed by atoms with van der Waals surface area (Å²) in [6.07, 6.45) is -4.41. The number of alkyl halides is 3. The van der Waals surface area contributed by atoms with Crippen LogP contribution in [0.1, 0.15) is 17.0 Å². The standard InChI is InChI=1S/C14H16F3N3O.ClH/c1-20-11(7-13(19-20)14(15,16)17)9-18-8-10-4-3-5-12(6-10)21-2;/h3-7,18H,8-9H2,1-2H3;1H. The van der Waals surface area contributed by atoms with E-state index in [2.05, 4.69) is 10.4 Å². The summed E-state index contributed by atoms with van der Waals surface area (Å²) >= 11 is 0. The Balaban J connectivity index is 0.00000242. The predicted molar refractivity (Wildman–Crippen MR) is 79.0 cm³/mol. The van der Waals surface area contributed by atoms with Gasteiger partial charge in [0, 0.05) is 20.1 Å². The first-order valence-corrected chi connectivity index (χ1v) is 6.34. The second kappa shape index (κ2) is 7.51. The monoisotopic (exact) mass is 335 g/mol. The maximum atomic E-state index is 12.5. The number of ether oxygens (including phenoxy) is 1. The molecule has 0 bridgehead atoms. The van der Waals surface area contributed by atoms with Crippen LogP contribution < -0.4 is 10.1 Å². The lowest BCUT2D eigenvalue weighted by molar-refractivity contribution is -0.141. The quantitative estimate of drug-likeness (QED) is 0.912. The van der Waals surface area contributed by atoms with Crippen LogP contribution in [-0.4, -0.2) is 16.9 Å². The van der Waals surface area contributed by atoms with Crippen molar-refractivity contribution in [3.8, 4) is 5.75 Å². The summed E-state index contributed by atoms with van der Waals surface area (Å²) in [5, 5.41) is 6.56. The fraction of sp³-hybridized carbons (Fsp3) is 0.357. The van der Waals surface area contributed by atoms with E-state index < -0.39 is 11.9 Å². The smallest absolute Gasteiger partial charge is 0.435 e. The molecule has 0 aliphatic heterocycles. The molecule has 2 aromatic rings. The van der Waals surface area contributed by atoms with E-state index in [1.54, 1.807) is 7.11 Å². The van der Waals surface area contributed by atoms with Gasteiger partial charge in [-0.3, -0.25) is 4.68 Å². The Kier molecular flexibility index (Phi) is 6.25. The van der Waals surface area contributed by atoms with Gasteiger partial charge in [-0.15, -0.1) is 12.4 Å². The lowest BCUT2D eigenvalue weighted by Gasteiger charge is -2.06. The minimum Gasteiger partial charge on any atom is -0.497 e. The van der Waals surface area contributed by atoms with Crippen LogP contribution in [0, 0.1) is 0 Å². The molecular weight excluding hydrogens is 319 g/mol. The van der Waals surface area contributed by atoms with Gasteiger partial charge in [-0.25, -0.2) is 0 Å². The number of aromatic nitrogens is 2. The van der Waals surface area contributed by atoms with Crippen molar-refractivity contribution in [2.45, 2.75) is 19.3 Å². The largest absolute Gasteiger partial charge is 0.497 e. The molecule has 8 heteroatoms. The normalized spacial score (nSPS) is 11.1. The molecular formula is C14H17ClF3N3O. The molecule has 0 spiro atoms. The molecule has 1 aromatic carbocycles. The molecule has 2 rings (SSSR count). The fourth-order valence-corrected chi connectivity index (χ4v) is 1.93. The summed E-state index contributed by atoms with van der Waals surface area (Å²) in [6.45, 7) is 0.834. The summed E-state index contributed by atoms with van der Waals surface area (Å²) in [6, 6.07) is 8.54. The average Bonchev–Trinajstić information content (AvgIpc) is 2.81. The van der Waals surface area contributed by atoms with Crippen molar-refractivity contribution in [3.05, 3.63) is 47.3 Å². The first-order chi connectivity index (χ1) is 9.90. The molecule has 1 heterocycles. The first-order valence-electron chi connectivity index (χ1n) is 6.34. The molecule has 0 amide bonds. The van der Waals surface area contributed by atoms with Crippen molar-refractivity contribution >= 4 is 12.4 Å². The van der Waals surface area contributed by atoms with E-state index >= 15 is 0 Å². The summed E-state index contributed by atoms with van der Waals surface area (Å²) in [5.74, 6) is 0.745. The fourth-order valence-electron chi connectivity index (χ4n) is 1.93. The molecule has 0 saturated heterocycles. The zero-order chi connectivity index (χ0) is 15.5. The molecule has 0 radical (unpaired) electrons. The van der Waals surface area contributed by atoms with Crippen LogP contribution >= 0.6 is 12.4 Å². The number of nitrogens with zero attached hydrogens (tertiary/aromatic N) is 2. The van der Waals surface area contributed by atoms with Crippen molar-refractivity contribution in [1.82, 2.24) is 15.1 Å². The average molecular weight is 336 g/mol. The van der Waals surface area contributed by atoms with Gasteiger partial charge in [0.15, 0.2) is 5.69 Å². The Morgan fingerprint density at radius 2 is 1.95 bits per heavy atom. The summed E-state index contributed by atoms with van der Waals surface area (Å²) < 4.78 is 44.0. The van der Waals surface area contributed by atoms with Crippen molar-refractivity contribution in [2.24, 2.45) is 7.05 Å². The van der Waals surface area contributed by atoms with Gasteiger partial charge >= 0.3 is 6.18 Å². The van der Waals surface area contributed by atoms with E-state index in [-0.39, 0.29) is 12.4 Å². The van der Waals surface area contributed by atoms with E-state index in [4.69, 9.17) is 4.74 Å². The molecule has 122 valence electrons. The van der Waals surface area contributed by atoms with Gasteiger partial charge in [-0.2, -0.15) is 18.3 Å². The highest BCUT2D eigenvalue weighted by Gasteiger charge is 2.34. The van der Waals surface area contributed by atoms with Gasteiger partial charge in [0.1, 0.15) is 5.75 Å². The summed E-state index contributed by atoms with van der Waals surface area (Å²) in [5.41, 5.74) is 0.598. The summed E-state index contributed by atoms with van der Waals surface area (Å²) in [4.78, 5) is 0. The lowest BCUT2D eigenvalue weighted by atomic mass is 10.2. The number of halogens is 4. The van der Waals surface area contributed by atoms with Gasteiger partial charge in [0.05, 0.1) is 12.8 Å². The Hall–Kier alpha value is -1.73. The van der Waals surface area contributed by atoms with E-state index in [0.29, 0.717) is 18.8 Å². The van der Waals surface area contributed by atoms with Crippen LogP contribution in [0.2, 0.25) is 0 Å². The number of hydrogen-bond donors (Lipinski definition) is 1. The molecule has 0 aliphatic rings. The zero-order valence-corrected chi connectivity index (χ0v) is 13.0. The number of rotatable bonds is 5. The first kappa shape index (κ1) is 18.3. The van der Waals surface area contributed by atoms with Crippen LogP contribution in [0.4, 0.5) is 13.2 Å². The Morgan fingerprint density at radius 3 is 2.55 bits per heavy atom. The van der Waals surface area contributed by atoms with Crippen molar-refractivity contribution in [2.75, 3.05) is 7.11 Å². The highest BCUT2D eigenvalue weighted by Crippen LogP contribution is 2.28. The van der Waals surface area contributed by atoms with Crippen molar-refractivity contribution in [3.63, 3.8) is 0 Å². The van der Waals surface area contributed by atoms with E-state index in [9.17, 15) is 13.2 Å². The van der Waals surface area contributed by atoms with Gasteiger partial charge < -0.3 is 10.1 Å². The molecule has 4 nitrogen and oxygen atoms in total. The number of nitrogens with one attached hydrogen (secondary N) is 1. The third kappa shape index (κ3) is 4.64. The van der Waals surface area contributed by atoms with Crippen LogP contribution in [0.3, 0.4) is 0 Å². The van der Waals surface area contributed by atoms with Gasteiger partial charge in [-0.05, 0) is 23.8 Å². The molecule has 0 fully saturated rings. The van der Waals surface area contributed by atoms with Crippen LogP contribution in [0.15, 0.2) is 30.3 Å². The third-order valence-electron chi connectivity index (χ3n) is 3.04. The second-order valence-corrected chi connectivity index (χ2v) is 4.60. The molecule has 1 N–H and O–H groups in total. The minimum absolute atomic E-state index is 0. The van der Waals surface area contributed by atoms with Gasteiger partial charge in [0.25, 0.3) is 0 Å². The number of benzene rings is 1. The van der Waals surface area contributed by atoms with Crippen LogP contribution in [-0.2, 0) is 26.3 Å². The maximum absolute atomic E-state index is 12.5. The predicted octanol–water partition coefficient (Wildman–Crippen LogP) is 3.16. The Morgan fingerprint density at radius 1 is 1.23 bits per heavy atom. The summed E-state index contributed by atoms with van der Waals surface area (Å²) in [7, 11) is 3.08. The number of hydrogen-bond acceptors (Lipinski definition) is 3. The zero-order valence-electron chi connectivity index (χ0n) is 12.1. The highest BCUT2D eigenvalue weighted by atomic mass is 35.5. The third-order valence-corrected chi connectivity index (χ3v) is 3.04. The minimum atomic E-state index is -4.41. The van der Waals surface area contributed by atoms with E-state index in [0.717, 1.165) is 17.4 Å². The van der Waals surface area contributed by atoms with E-state index in [1.807, 2.05) is 24.3 Å². The van der Waals surface area contributed by atoms with Crippen molar-refractivity contribution < 1.29 is 17.9 Å². The van der Waals surface area contributed by atoms with E-state index in [1.165, 1.54) is 11.7 Å². The second-order valence-electron chi connectivity index (χ2n) is 4.60. The molecule has 0 atom stereocenters. The molecule has 22 heavy (non-hydrogen) atoms. The van der Waals surface area contributed by atoms with Crippen LogP contribution in [0.25, 0.3) is 0 Å². The molecule has 0 unspecified atom stereocenters. The SMILES string of the molecule is COc1cccc(CNCc2cc(C(F)(F)F)nn2C)c1.Cl. The highest BCUT2D eigenvalue weighted by molar-refractivity contribution is 5.85. The molecule has 0 aliphatic carbocycles. The Bertz CT molecular complexity index is 614. The number of aryl methyl sites for hydroxylation is 1. The Labute approximate surface area is 132 Å². The number of methoxy groups -OCH3 is 1. The maximum Gasteiger partial charge on any atom is 0.435 e. The topological polar surface area (TPSA) is 39.1 Å². The van der Waals surface area contributed by atoms with Crippen LogP contribution in [0.5, 0.6) is 5.75 Å².